The Balaban J connectivity index is 2.09. The average molecular weight is 226 g/mol. The summed E-state index contributed by atoms with van der Waals surface area (Å²) in [6.45, 7) is 9.80. The van der Waals surface area contributed by atoms with Crippen molar-refractivity contribution in [1.29, 1.82) is 0 Å². The Labute approximate surface area is 102 Å². The van der Waals surface area contributed by atoms with Crippen molar-refractivity contribution in [2.45, 2.75) is 39.5 Å². The number of hydrogen-bond acceptors (Lipinski definition) is 2. The molecule has 0 bridgehead atoms. The van der Waals surface area contributed by atoms with Crippen LogP contribution in [-0.4, -0.2) is 50.1 Å². The summed E-state index contributed by atoms with van der Waals surface area (Å²) < 4.78 is 0. The minimum Gasteiger partial charge on any atom is -0.308 e. The van der Waals surface area contributed by atoms with Gasteiger partial charge in [0.15, 0.2) is 0 Å². The van der Waals surface area contributed by atoms with Gasteiger partial charge in [0, 0.05) is 13.1 Å². The Bertz CT molecular complexity index is 150. The van der Waals surface area contributed by atoms with Crippen LogP contribution in [0.25, 0.3) is 0 Å². The fourth-order valence-corrected chi connectivity index (χ4v) is 2.41. The third-order valence-electron chi connectivity index (χ3n) is 3.72. The summed E-state index contributed by atoms with van der Waals surface area (Å²) in [5, 5.41) is 0. The monoisotopic (exact) mass is 226 g/mol. The first-order valence-electron chi connectivity index (χ1n) is 6.95. The van der Waals surface area contributed by atoms with Crippen molar-refractivity contribution in [2.24, 2.45) is 11.8 Å². The third-order valence-corrected chi connectivity index (χ3v) is 3.72. The van der Waals surface area contributed by atoms with Gasteiger partial charge in [0.1, 0.15) is 0 Å². The molecule has 0 aromatic carbocycles. The van der Waals surface area contributed by atoms with E-state index in [-0.39, 0.29) is 0 Å². The van der Waals surface area contributed by atoms with E-state index in [1.54, 1.807) is 0 Å². The molecule has 0 aromatic heterocycles. The maximum Gasteiger partial charge on any atom is 0.0109 e. The molecule has 96 valence electrons. The molecule has 0 aliphatic carbocycles. The number of piperidine rings is 1. The highest BCUT2D eigenvalue weighted by Crippen LogP contribution is 2.23. The molecule has 1 aliphatic heterocycles. The molecule has 1 fully saturated rings. The third kappa shape index (κ3) is 5.86. The van der Waals surface area contributed by atoms with E-state index in [9.17, 15) is 0 Å². The van der Waals surface area contributed by atoms with Crippen molar-refractivity contribution in [3.8, 4) is 0 Å². The van der Waals surface area contributed by atoms with Gasteiger partial charge in [-0.05, 0) is 51.9 Å². The Morgan fingerprint density at radius 2 is 1.81 bits per heavy atom. The normalized spacial score (nSPS) is 19.9. The topological polar surface area (TPSA) is 6.48 Å². The molecule has 2 heteroatoms. The molecule has 0 unspecified atom stereocenters. The van der Waals surface area contributed by atoms with Gasteiger partial charge in [-0.2, -0.15) is 0 Å². The molecule has 0 spiro atoms. The molecule has 0 saturated carbocycles. The van der Waals surface area contributed by atoms with Gasteiger partial charge < -0.3 is 9.80 Å². The molecule has 0 aromatic rings. The number of hydrogen-bond donors (Lipinski definition) is 0. The molecule has 1 aliphatic rings. The zero-order valence-corrected chi connectivity index (χ0v) is 11.7. The van der Waals surface area contributed by atoms with E-state index in [1.807, 2.05) is 0 Å². The summed E-state index contributed by atoms with van der Waals surface area (Å²) in [7, 11) is 4.32. The lowest BCUT2D eigenvalue weighted by atomic mass is 9.90. The lowest BCUT2D eigenvalue weighted by Gasteiger charge is -2.32. The first kappa shape index (κ1) is 14.0. The summed E-state index contributed by atoms with van der Waals surface area (Å²) in [6.07, 6.45) is 5.74. The molecule has 0 amide bonds. The van der Waals surface area contributed by atoms with Gasteiger partial charge in [-0.3, -0.25) is 0 Å². The average Bonchev–Trinajstić information content (AvgIpc) is 2.25. The SMILES string of the molecule is CC(C)CCC1CCN(CCN(C)C)CC1. The highest BCUT2D eigenvalue weighted by molar-refractivity contribution is 4.73. The van der Waals surface area contributed by atoms with Crippen LogP contribution in [0, 0.1) is 11.8 Å². The fraction of sp³-hybridized carbons (Fsp3) is 1.00. The zero-order valence-electron chi connectivity index (χ0n) is 11.7. The van der Waals surface area contributed by atoms with Gasteiger partial charge in [-0.1, -0.05) is 26.7 Å². The van der Waals surface area contributed by atoms with Crippen LogP contribution < -0.4 is 0 Å². The predicted molar refractivity (Wildman–Crippen MR) is 71.8 cm³/mol. The second-order valence-corrected chi connectivity index (χ2v) is 6.06. The van der Waals surface area contributed by atoms with Gasteiger partial charge in [0.05, 0.1) is 0 Å². The molecule has 0 N–H and O–H groups in total. The molecular weight excluding hydrogens is 196 g/mol. The van der Waals surface area contributed by atoms with E-state index in [4.69, 9.17) is 0 Å². The largest absolute Gasteiger partial charge is 0.308 e. The minimum atomic E-state index is 0.881. The van der Waals surface area contributed by atoms with Gasteiger partial charge in [-0.25, -0.2) is 0 Å². The number of nitrogens with zero attached hydrogens (tertiary/aromatic N) is 2. The van der Waals surface area contributed by atoms with Gasteiger partial charge in [0.2, 0.25) is 0 Å². The van der Waals surface area contributed by atoms with E-state index < -0.39 is 0 Å². The fourth-order valence-electron chi connectivity index (χ4n) is 2.41. The molecule has 0 atom stereocenters. The Hall–Kier alpha value is -0.0800. The van der Waals surface area contributed by atoms with E-state index in [1.165, 1.54) is 51.9 Å². The summed E-state index contributed by atoms with van der Waals surface area (Å²) in [5.74, 6) is 1.89. The lowest BCUT2D eigenvalue weighted by molar-refractivity contribution is 0.163. The van der Waals surface area contributed by atoms with Crippen LogP contribution in [0.5, 0.6) is 0 Å². The van der Waals surface area contributed by atoms with Gasteiger partial charge >= 0.3 is 0 Å². The second-order valence-electron chi connectivity index (χ2n) is 6.06. The number of likely N-dealkylation sites (N-methyl/N-ethyl adjacent to an activating group) is 1. The molecule has 0 radical (unpaired) electrons. The quantitative estimate of drug-likeness (QED) is 0.687. The molecular formula is C14H30N2. The van der Waals surface area contributed by atoms with E-state index >= 15 is 0 Å². The highest BCUT2D eigenvalue weighted by atomic mass is 15.2. The summed E-state index contributed by atoms with van der Waals surface area (Å²) in [4.78, 5) is 4.91. The van der Waals surface area contributed by atoms with E-state index in [0.29, 0.717) is 0 Å². The molecule has 1 rings (SSSR count). The van der Waals surface area contributed by atoms with Crippen molar-refractivity contribution in [3.05, 3.63) is 0 Å². The number of rotatable bonds is 6. The molecule has 1 saturated heterocycles. The maximum atomic E-state index is 2.63. The minimum absolute atomic E-state index is 0.881. The van der Waals surface area contributed by atoms with Crippen LogP contribution in [0.4, 0.5) is 0 Å². The summed E-state index contributed by atoms with van der Waals surface area (Å²) >= 11 is 0. The van der Waals surface area contributed by atoms with Crippen molar-refractivity contribution < 1.29 is 0 Å². The van der Waals surface area contributed by atoms with Crippen LogP contribution in [0.1, 0.15) is 39.5 Å². The van der Waals surface area contributed by atoms with Crippen molar-refractivity contribution in [3.63, 3.8) is 0 Å². The lowest BCUT2D eigenvalue weighted by Crippen LogP contribution is -2.38. The maximum absolute atomic E-state index is 2.63. The first-order chi connectivity index (χ1) is 7.58. The van der Waals surface area contributed by atoms with E-state index in [0.717, 1.165) is 11.8 Å². The summed E-state index contributed by atoms with van der Waals surface area (Å²) in [5.41, 5.74) is 0. The van der Waals surface area contributed by atoms with Crippen LogP contribution in [0.3, 0.4) is 0 Å². The van der Waals surface area contributed by atoms with Crippen LogP contribution in [0.2, 0.25) is 0 Å². The van der Waals surface area contributed by atoms with Crippen LogP contribution in [0.15, 0.2) is 0 Å². The van der Waals surface area contributed by atoms with E-state index in [2.05, 4.69) is 37.7 Å². The highest BCUT2D eigenvalue weighted by Gasteiger charge is 2.18. The summed E-state index contributed by atoms with van der Waals surface area (Å²) in [6, 6.07) is 0. The smallest absolute Gasteiger partial charge is 0.0109 e. The van der Waals surface area contributed by atoms with Crippen molar-refractivity contribution in [1.82, 2.24) is 9.80 Å². The Morgan fingerprint density at radius 3 is 2.31 bits per heavy atom. The standard InChI is InChI=1S/C14H30N2/c1-13(2)5-6-14-7-9-16(10-8-14)12-11-15(3)4/h13-14H,5-12H2,1-4H3. The van der Waals surface area contributed by atoms with Crippen molar-refractivity contribution >= 4 is 0 Å². The molecule has 16 heavy (non-hydrogen) atoms. The van der Waals surface area contributed by atoms with Crippen molar-refractivity contribution in [2.75, 3.05) is 40.3 Å². The molecule has 2 nitrogen and oxygen atoms in total. The predicted octanol–water partition coefficient (Wildman–Crippen LogP) is 2.70. The number of likely N-dealkylation sites (tertiary alicyclic amines) is 1. The molecule has 1 heterocycles. The second kappa shape index (κ2) is 7.29. The van der Waals surface area contributed by atoms with Crippen LogP contribution >= 0.6 is 0 Å². The van der Waals surface area contributed by atoms with Gasteiger partial charge in [-0.15, -0.1) is 0 Å². The first-order valence-corrected chi connectivity index (χ1v) is 6.95. The Morgan fingerprint density at radius 1 is 1.19 bits per heavy atom. The zero-order chi connectivity index (χ0) is 12.0. The van der Waals surface area contributed by atoms with Crippen LogP contribution in [-0.2, 0) is 0 Å². The van der Waals surface area contributed by atoms with Gasteiger partial charge in [0.25, 0.3) is 0 Å². The Kier molecular flexibility index (Phi) is 6.37.